The van der Waals surface area contributed by atoms with Gasteiger partial charge in [0.05, 0.1) is 46.7 Å². The van der Waals surface area contributed by atoms with Crippen LogP contribution in [0.25, 0.3) is 0 Å². The van der Waals surface area contributed by atoms with E-state index in [1.807, 2.05) is 0 Å². The number of halogens is 4. The first-order chi connectivity index (χ1) is 20.0. The SMILES string of the molecule is COc1ccccc1NC(=O)C1=C(C)NC(SCC(=O)Nc2cccc(C(F)(F)F)c2)=C(C#N)[C@H]1c1ccccc1Cl. The summed E-state index contributed by atoms with van der Waals surface area (Å²) >= 11 is 7.52. The normalized spacial score (nSPS) is 15.0. The lowest BCUT2D eigenvalue weighted by Crippen LogP contribution is -2.31. The Labute approximate surface area is 249 Å². The number of nitrogens with zero attached hydrogens (tertiary/aromatic N) is 1. The molecule has 0 radical (unpaired) electrons. The summed E-state index contributed by atoms with van der Waals surface area (Å²) < 4.78 is 44.5. The van der Waals surface area contributed by atoms with Gasteiger partial charge in [0.15, 0.2) is 0 Å². The van der Waals surface area contributed by atoms with Crippen LogP contribution in [0.2, 0.25) is 5.02 Å². The molecule has 0 fully saturated rings. The van der Waals surface area contributed by atoms with Crippen LogP contribution in [0.3, 0.4) is 0 Å². The molecule has 1 atom stereocenters. The molecule has 0 saturated heterocycles. The highest BCUT2D eigenvalue weighted by atomic mass is 35.5. The van der Waals surface area contributed by atoms with E-state index >= 15 is 0 Å². The van der Waals surface area contributed by atoms with Crippen LogP contribution in [0.15, 0.2) is 94.7 Å². The van der Waals surface area contributed by atoms with Crippen molar-refractivity contribution in [2.75, 3.05) is 23.5 Å². The number of ether oxygens (including phenoxy) is 1. The fraction of sp³-hybridized carbons (Fsp3) is 0.167. The minimum Gasteiger partial charge on any atom is -0.495 e. The van der Waals surface area contributed by atoms with E-state index in [1.54, 1.807) is 55.5 Å². The van der Waals surface area contributed by atoms with Crippen LogP contribution >= 0.6 is 23.4 Å². The molecule has 7 nitrogen and oxygen atoms in total. The number of benzene rings is 3. The van der Waals surface area contributed by atoms with Crippen molar-refractivity contribution in [2.24, 2.45) is 0 Å². The van der Waals surface area contributed by atoms with Gasteiger partial charge in [0.1, 0.15) is 5.75 Å². The van der Waals surface area contributed by atoms with E-state index in [0.717, 1.165) is 23.9 Å². The molecule has 3 N–H and O–H groups in total. The highest BCUT2D eigenvalue weighted by Gasteiger charge is 2.36. The minimum absolute atomic E-state index is 0.0122. The number of hydrogen-bond acceptors (Lipinski definition) is 6. The van der Waals surface area contributed by atoms with Gasteiger partial charge in [-0.2, -0.15) is 18.4 Å². The van der Waals surface area contributed by atoms with Crippen molar-refractivity contribution >= 4 is 46.6 Å². The summed E-state index contributed by atoms with van der Waals surface area (Å²) in [4.78, 5) is 26.4. The number of thioether (sulfide) groups is 1. The molecule has 3 aromatic carbocycles. The molecule has 3 aromatic rings. The molecule has 12 heteroatoms. The van der Waals surface area contributed by atoms with Gasteiger partial charge in [-0.3, -0.25) is 9.59 Å². The van der Waals surface area contributed by atoms with Crippen LogP contribution in [0.1, 0.15) is 24.0 Å². The van der Waals surface area contributed by atoms with E-state index in [9.17, 15) is 28.0 Å². The third kappa shape index (κ3) is 6.90. The fourth-order valence-electron chi connectivity index (χ4n) is 4.39. The van der Waals surface area contributed by atoms with E-state index < -0.39 is 29.5 Å². The molecule has 0 aromatic heterocycles. The third-order valence-electron chi connectivity index (χ3n) is 6.28. The van der Waals surface area contributed by atoms with Crippen molar-refractivity contribution in [2.45, 2.75) is 19.0 Å². The van der Waals surface area contributed by atoms with E-state index in [4.69, 9.17) is 16.3 Å². The number of rotatable bonds is 8. The zero-order chi connectivity index (χ0) is 30.4. The largest absolute Gasteiger partial charge is 0.495 e. The number of carbonyl (C=O) groups excluding carboxylic acids is 2. The summed E-state index contributed by atoms with van der Waals surface area (Å²) in [5.41, 5.74) is 0.844. The van der Waals surface area contributed by atoms with Gasteiger partial charge in [-0.15, -0.1) is 0 Å². The lowest BCUT2D eigenvalue weighted by Gasteiger charge is -2.30. The van der Waals surface area contributed by atoms with Crippen molar-refractivity contribution < 1.29 is 27.5 Å². The number of alkyl halides is 3. The molecule has 0 unspecified atom stereocenters. The Hall–Kier alpha value is -4.40. The average molecular weight is 613 g/mol. The summed E-state index contributed by atoms with van der Waals surface area (Å²) in [6, 6.07) is 20.2. The smallest absolute Gasteiger partial charge is 0.416 e. The van der Waals surface area contributed by atoms with Crippen molar-refractivity contribution in [1.29, 1.82) is 5.26 Å². The van der Waals surface area contributed by atoms with Gasteiger partial charge in [-0.25, -0.2) is 0 Å². The molecule has 2 amide bonds. The summed E-state index contributed by atoms with van der Waals surface area (Å²) in [6.45, 7) is 1.67. The van der Waals surface area contributed by atoms with Gasteiger partial charge in [0, 0.05) is 22.0 Å². The maximum Gasteiger partial charge on any atom is 0.416 e. The quantitative estimate of drug-likeness (QED) is 0.251. The highest BCUT2D eigenvalue weighted by Crippen LogP contribution is 2.43. The molecule has 0 saturated carbocycles. The second-order valence-corrected chi connectivity index (χ2v) is 10.4. The number of carbonyl (C=O) groups is 2. The first kappa shape index (κ1) is 30.6. The van der Waals surface area contributed by atoms with Crippen LogP contribution in [0.4, 0.5) is 24.5 Å². The third-order valence-corrected chi connectivity index (χ3v) is 7.65. The highest BCUT2D eigenvalue weighted by molar-refractivity contribution is 8.03. The van der Waals surface area contributed by atoms with Crippen molar-refractivity contribution in [1.82, 2.24) is 5.32 Å². The van der Waals surface area contributed by atoms with Crippen LogP contribution in [-0.2, 0) is 15.8 Å². The van der Waals surface area contributed by atoms with Gasteiger partial charge < -0.3 is 20.7 Å². The molecule has 0 spiro atoms. The Kier molecular flexibility index (Phi) is 9.50. The molecule has 0 bridgehead atoms. The second-order valence-electron chi connectivity index (χ2n) is 9.04. The molecule has 4 rings (SSSR count). The van der Waals surface area contributed by atoms with E-state index in [-0.39, 0.29) is 22.6 Å². The Bertz CT molecular complexity index is 1630. The van der Waals surface area contributed by atoms with Crippen LogP contribution < -0.4 is 20.7 Å². The van der Waals surface area contributed by atoms with Crippen LogP contribution in [-0.4, -0.2) is 24.7 Å². The molecule has 1 heterocycles. The first-order valence-electron chi connectivity index (χ1n) is 12.4. The van der Waals surface area contributed by atoms with Gasteiger partial charge >= 0.3 is 6.18 Å². The van der Waals surface area contributed by atoms with Crippen LogP contribution in [0, 0.1) is 11.3 Å². The number of methoxy groups -OCH3 is 1. The van der Waals surface area contributed by atoms with Gasteiger partial charge in [0.2, 0.25) is 5.91 Å². The number of amides is 2. The topological polar surface area (TPSA) is 103 Å². The molecule has 1 aliphatic heterocycles. The number of nitriles is 1. The van der Waals surface area contributed by atoms with Crippen molar-refractivity contribution in [3.8, 4) is 11.8 Å². The number of nitrogens with one attached hydrogen (secondary N) is 3. The predicted octanol–water partition coefficient (Wildman–Crippen LogP) is 7.07. The second kappa shape index (κ2) is 13.1. The molecule has 216 valence electrons. The van der Waals surface area contributed by atoms with Crippen molar-refractivity contribution in [3.63, 3.8) is 0 Å². The Balaban J connectivity index is 1.63. The molecule has 1 aliphatic rings. The Morgan fingerprint density at radius 2 is 1.79 bits per heavy atom. The van der Waals surface area contributed by atoms with Gasteiger partial charge in [-0.05, 0) is 48.9 Å². The summed E-state index contributed by atoms with van der Waals surface area (Å²) in [6.07, 6.45) is -4.55. The predicted molar refractivity (Wildman–Crippen MR) is 157 cm³/mol. The van der Waals surface area contributed by atoms with Crippen molar-refractivity contribution in [3.05, 3.63) is 111 Å². The lowest BCUT2D eigenvalue weighted by molar-refractivity contribution is -0.137. The summed E-state index contributed by atoms with van der Waals surface area (Å²) in [5.74, 6) is -1.74. The number of hydrogen-bond donors (Lipinski definition) is 3. The number of para-hydroxylation sites is 2. The molecular formula is C30H24ClF3N4O3S. The first-order valence-corrected chi connectivity index (χ1v) is 13.8. The zero-order valence-corrected chi connectivity index (χ0v) is 23.9. The van der Waals surface area contributed by atoms with Crippen LogP contribution in [0.5, 0.6) is 5.75 Å². The van der Waals surface area contributed by atoms with E-state index in [1.165, 1.54) is 19.2 Å². The number of anilines is 2. The Morgan fingerprint density at radius 3 is 2.48 bits per heavy atom. The molecule has 0 aliphatic carbocycles. The minimum atomic E-state index is -4.55. The average Bonchev–Trinajstić information content (AvgIpc) is 2.96. The van der Waals surface area contributed by atoms with Gasteiger partial charge in [0.25, 0.3) is 5.91 Å². The maximum absolute atomic E-state index is 13.7. The summed E-state index contributed by atoms with van der Waals surface area (Å²) in [7, 11) is 1.48. The monoisotopic (exact) mass is 612 g/mol. The molecular weight excluding hydrogens is 589 g/mol. The van der Waals surface area contributed by atoms with E-state index in [0.29, 0.717) is 32.7 Å². The standard InChI is InChI=1S/C30H24ClF3N4O3S/c1-17-26(28(40)38-23-12-5-6-13-24(23)41-2)27(20-10-3-4-11-22(20)31)21(15-35)29(36-17)42-16-25(39)37-19-9-7-8-18(14-19)30(32,33)34/h3-14,27,36H,16H2,1-2H3,(H,37,39)(H,38,40)/t27-/m1/s1. The lowest BCUT2D eigenvalue weighted by atomic mass is 9.82. The van der Waals surface area contributed by atoms with E-state index in [2.05, 4.69) is 22.0 Å². The fourth-order valence-corrected chi connectivity index (χ4v) is 5.53. The zero-order valence-electron chi connectivity index (χ0n) is 22.3. The van der Waals surface area contributed by atoms with Gasteiger partial charge in [-0.1, -0.05) is 59.8 Å². The molecule has 42 heavy (non-hydrogen) atoms. The Morgan fingerprint density at radius 1 is 1.07 bits per heavy atom. The summed E-state index contributed by atoms with van der Waals surface area (Å²) in [5, 5.41) is 19.3. The number of dihydropyridines is 1. The number of allylic oxidation sites excluding steroid dienone is 2. The maximum atomic E-state index is 13.7.